The Labute approximate surface area is 136 Å². The first-order valence-electron chi connectivity index (χ1n) is 7.98. The number of carbonyl (C=O) groups is 1. The zero-order chi connectivity index (χ0) is 16.2. The van der Waals surface area contributed by atoms with Gasteiger partial charge in [-0.15, -0.1) is 0 Å². The van der Waals surface area contributed by atoms with Crippen LogP contribution in [0.15, 0.2) is 42.5 Å². The summed E-state index contributed by atoms with van der Waals surface area (Å²) in [5, 5.41) is 2.92. The zero-order valence-electron chi connectivity index (χ0n) is 13.3. The van der Waals surface area contributed by atoms with E-state index in [1.807, 2.05) is 0 Å². The van der Waals surface area contributed by atoms with Crippen LogP contribution >= 0.6 is 0 Å². The van der Waals surface area contributed by atoms with E-state index < -0.39 is 0 Å². The summed E-state index contributed by atoms with van der Waals surface area (Å²) < 4.78 is 5.18. The van der Waals surface area contributed by atoms with Crippen molar-refractivity contribution in [2.24, 2.45) is 0 Å². The van der Waals surface area contributed by atoms with Crippen LogP contribution in [0.4, 0.5) is 11.4 Å². The molecule has 1 aliphatic carbocycles. The second kappa shape index (κ2) is 6.73. The Balaban J connectivity index is 1.71. The van der Waals surface area contributed by atoms with Crippen molar-refractivity contribution >= 4 is 17.3 Å². The lowest BCUT2D eigenvalue weighted by molar-refractivity contribution is -0.116. The van der Waals surface area contributed by atoms with Crippen LogP contribution in [0.3, 0.4) is 0 Å². The molecule has 0 saturated heterocycles. The van der Waals surface area contributed by atoms with Crippen molar-refractivity contribution in [3.05, 3.63) is 53.6 Å². The van der Waals surface area contributed by atoms with Gasteiger partial charge in [0.25, 0.3) is 0 Å². The predicted molar refractivity (Wildman–Crippen MR) is 92.8 cm³/mol. The number of ether oxygens (including phenoxy) is 1. The summed E-state index contributed by atoms with van der Waals surface area (Å²) in [4.78, 5) is 12.4. The summed E-state index contributed by atoms with van der Waals surface area (Å²) in [5.74, 6) is 0.955. The molecule has 1 amide bonds. The lowest BCUT2D eigenvalue weighted by Gasteiger charge is -2.25. The predicted octanol–water partition coefficient (Wildman–Crippen LogP) is 3.73. The van der Waals surface area contributed by atoms with Gasteiger partial charge in [-0.1, -0.05) is 24.3 Å². The number of amides is 1. The molecule has 120 valence electrons. The first-order valence-corrected chi connectivity index (χ1v) is 7.98. The van der Waals surface area contributed by atoms with Gasteiger partial charge in [0.2, 0.25) is 5.91 Å². The molecule has 0 bridgehead atoms. The Bertz CT molecular complexity index is 712. The Kier molecular flexibility index (Phi) is 4.51. The highest BCUT2D eigenvalue weighted by Crippen LogP contribution is 2.34. The average Bonchev–Trinajstić information content (AvgIpc) is 2.57. The van der Waals surface area contributed by atoms with Crippen molar-refractivity contribution in [2.45, 2.75) is 31.6 Å². The van der Waals surface area contributed by atoms with Crippen LogP contribution in [0, 0.1) is 0 Å². The molecule has 3 rings (SSSR count). The van der Waals surface area contributed by atoms with Gasteiger partial charge >= 0.3 is 0 Å². The van der Waals surface area contributed by atoms with E-state index in [0.29, 0.717) is 23.5 Å². The van der Waals surface area contributed by atoms with Crippen LogP contribution in [-0.4, -0.2) is 13.0 Å². The van der Waals surface area contributed by atoms with E-state index in [9.17, 15) is 4.79 Å². The number of rotatable bonds is 4. The molecule has 0 radical (unpaired) electrons. The van der Waals surface area contributed by atoms with Crippen LogP contribution in [-0.2, 0) is 11.2 Å². The van der Waals surface area contributed by atoms with Crippen LogP contribution in [0.2, 0.25) is 0 Å². The first-order chi connectivity index (χ1) is 11.2. The molecule has 4 nitrogen and oxygen atoms in total. The monoisotopic (exact) mass is 310 g/mol. The maximum absolute atomic E-state index is 12.4. The summed E-state index contributed by atoms with van der Waals surface area (Å²) >= 11 is 0. The molecule has 0 saturated carbocycles. The second-order valence-corrected chi connectivity index (χ2v) is 5.99. The second-order valence-electron chi connectivity index (χ2n) is 5.99. The molecule has 1 atom stereocenters. The number of nitrogens with one attached hydrogen (secondary N) is 1. The van der Waals surface area contributed by atoms with Crippen molar-refractivity contribution in [3.63, 3.8) is 0 Å². The Hall–Kier alpha value is -2.49. The summed E-state index contributed by atoms with van der Waals surface area (Å²) in [5.41, 5.74) is 9.77. The zero-order valence-corrected chi connectivity index (χ0v) is 13.3. The smallest absolute Gasteiger partial charge is 0.225 e. The van der Waals surface area contributed by atoms with Crippen molar-refractivity contribution in [3.8, 4) is 5.75 Å². The van der Waals surface area contributed by atoms with Crippen LogP contribution in [0.5, 0.6) is 5.75 Å². The topological polar surface area (TPSA) is 64.3 Å². The van der Waals surface area contributed by atoms with Gasteiger partial charge in [0, 0.05) is 12.5 Å². The van der Waals surface area contributed by atoms with Gasteiger partial charge < -0.3 is 15.8 Å². The van der Waals surface area contributed by atoms with Crippen LogP contribution in [0.25, 0.3) is 0 Å². The minimum Gasteiger partial charge on any atom is -0.497 e. The fourth-order valence-electron chi connectivity index (χ4n) is 3.26. The lowest BCUT2D eigenvalue weighted by Crippen LogP contribution is -2.19. The Morgan fingerprint density at radius 3 is 2.96 bits per heavy atom. The number of nitrogen functional groups attached to an aromatic ring is 1. The van der Waals surface area contributed by atoms with Gasteiger partial charge in [-0.2, -0.15) is 0 Å². The van der Waals surface area contributed by atoms with E-state index in [4.69, 9.17) is 10.5 Å². The van der Waals surface area contributed by atoms with E-state index >= 15 is 0 Å². The largest absolute Gasteiger partial charge is 0.497 e. The van der Waals surface area contributed by atoms with Crippen LogP contribution < -0.4 is 15.8 Å². The third-order valence-corrected chi connectivity index (χ3v) is 4.46. The van der Waals surface area contributed by atoms with Crippen molar-refractivity contribution in [1.82, 2.24) is 0 Å². The average molecular weight is 310 g/mol. The molecule has 0 aromatic heterocycles. The fourth-order valence-corrected chi connectivity index (χ4v) is 3.26. The highest BCUT2D eigenvalue weighted by atomic mass is 16.5. The number of nitrogens with two attached hydrogens (primary N) is 1. The fraction of sp³-hybridized carbons (Fsp3) is 0.316. The summed E-state index contributed by atoms with van der Waals surface area (Å²) in [6.07, 6.45) is 3.78. The number of fused-ring (bicyclic) bond motifs is 1. The van der Waals surface area contributed by atoms with E-state index in [-0.39, 0.29) is 11.8 Å². The van der Waals surface area contributed by atoms with Crippen molar-refractivity contribution < 1.29 is 9.53 Å². The highest BCUT2D eigenvalue weighted by molar-refractivity contribution is 5.94. The number of anilines is 2. The normalized spacial score (nSPS) is 16.5. The van der Waals surface area contributed by atoms with Crippen molar-refractivity contribution in [1.29, 1.82) is 0 Å². The molecule has 1 aliphatic rings. The minimum atomic E-state index is -0.00773. The number of carbonyl (C=O) groups excluding carboxylic acids is 1. The summed E-state index contributed by atoms with van der Waals surface area (Å²) in [7, 11) is 1.59. The maximum atomic E-state index is 12.4. The van der Waals surface area contributed by atoms with Crippen molar-refractivity contribution in [2.75, 3.05) is 18.2 Å². The Morgan fingerprint density at radius 2 is 2.13 bits per heavy atom. The third kappa shape index (κ3) is 3.47. The van der Waals surface area contributed by atoms with Gasteiger partial charge in [-0.05, 0) is 48.4 Å². The molecule has 2 aromatic carbocycles. The number of benzene rings is 2. The van der Waals surface area contributed by atoms with E-state index in [0.717, 1.165) is 19.3 Å². The molecular weight excluding hydrogens is 288 g/mol. The molecule has 23 heavy (non-hydrogen) atoms. The van der Waals surface area contributed by atoms with Gasteiger partial charge in [-0.25, -0.2) is 0 Å². The van der Waals surface area contributed by atoms with E-state index in [1.54, 1.807) is 25.3 Å². The van der Waals surface area contributed by atoms with Crippen LogP contribution in [0.1, 0.15) is 36.3 Å². The molecule has 0 aliphatic heterocycles. The van der Waals surface area contributed by atoms with Gasteiger partial charge in [0.05, 0.1) is 18.5 Å². The van der Waals surface area contributed by atoms with E-state index in [1.165, 1.54) is 11.1 Å². The number of hydrogen-bond acceptors (Lipinski definition) is 3. The molecule has 1 unspecified atom stereocenters. The molecular formula is C19H22N2O2. The van der Waals surface area contributed by atoms with Gasteiger partial charge in [0.1, 0.15) is 5.75 Å². The number of methoxy groups -OCH3 is 1. The minimum absolute atomic E-state index is 0.00773. The molecule has 0 heterocycles. The quantitative estimate of drug-likeness (QED) is 0.846. The number of aryl methyl sites for hydroxylation is 1. The first kappa shape index (κ1) is 15.4. The molecule has 0 fully saturated rings. The molecule has 2 aromatic rings. The SMILES string of the molecule is COc1ccc(N)c(NC(=O)CC2CCCc3ccccc32)c1. The molecule has 3 N–H and O–H groups in total. The van der Waals surface area contributed by atoms with E-state index in [2.05, 4.69) is 29.6 Å². The summed E-state index contributed by atoms with van der Waals surface area (Å²) in [6, 6.07) is 13.7. The molecule has 4 heteroatoms. The Morgan fingerprint density at radius 1 is 1.30 bits per heavy atom. The summed E-state index contributed by atoms with van der Waals surface area (Å²) in [6.45, 7) is 0. The lowest BCUT2D eigenvalue weighted by atomic mass is 9.81. The number of hydrogen-bond donors (Lipinski definition) is 2. The van der Waals surface area contributed by atoms with Gasteiger partial charge in [-0.3, -0.25) is 4.79 Å². The standard InChI is InChI=1S/C19H22N2O2/c1-23-15-9-10-17(20)18(12-15)21-19(22)11-14-7-4-6-13-5-2-3-8-16(13)14/h2-3,5,8-10,12,14H,4,6-7,11,20H2,1H3,(H,21,22). The molecule has 0 spiro atoms. The highest BCUT2D eigenvalue weighted by Gasteiger charge is 2.22. The van der Waals surface area contributed by atoms with Gasteiger partial charge in [0.15, 0.2) is 0 Å². The third-order valence-electron chi connectivity index (χ3n) is 4.46. The maximum Gasteiger partial charge on any atom is 0.225 e.